The number of carbonyl (C=O) groups is 1. The van der Waals surface area contributed by atoms with Crippen LogP contribution in [0.2, 0.25) is 0 Å². The quantitative estimate of drug-likeness (QED) is 0.566. The SMILES string of the molecule is CCOC(=O)c1cccc(-c2ccc(COS(=O)(=O)CC)cc2)c1. The molecule has 0 aliphatic carbocycles. The number of benzene rings is 2. The van der Waals surface area contributed by atoms with Crippen LogP contribution in [0.5, 0.6) is 0 Å². The average molecular weight is 348 g/mol. The minimum absolute atomic E-state index is 0.0132. The normalized spacial score (nSPS) is 11.2. The van der Waals surface area contributed by atoms with Crippen LogP contribution in [-0.4, -0.2) is 26.7 Å². The van der Waals surface area contributed by atoms with Crippen molar-refractivity contribution in [2.24, 2.45) is 0 Å². The third-order valence-corrected chi connectivity index (χ3v) is 4.60. The van der Waals surface area contributed by atoms with Crippen molar-refractivity contribution in [3.63, 3.8) is 0 Å². The lowest BCUT2D eigenvalue weighted by molar-refractivity contribution is 0.0526. The Hall–Kier alpha value is -2.18. The maximum Gasteiger partial charge on any atom is 0.338 e. The lowest BCUT2D eigenvalue weighted by Crippen LogP contribution is -2.07. The molecule has 2 aromatic rings. The first-order chi connectivity index (χ1) is 11.4. The molecule has 0 radical (unpaired) electrons. The summed E-state index contributed by atoms with van der Waals surface area (Å²) in [5, 5.41) is 0. The second-order valence-corrected chi connectivity index (χ2v) is 7.04. The molecule has 2 rings (SSSR count). The number of hydrogen-bond donors (Lipinski definition) is 0. The Balaban J connectivity index is 2.13. The fourth-order valence-electron chi connectivity index (χ4n) is 2.07. The first kappa shape index (κ1) is 18.2. The highest BCUT2D eigenvalue weighted by molar-refractivity contribution is 7.86. The van der Waals surface area contributed by atoms with Crippen LogP contribution in [0.4, 0.5) is 0 Å². The van der Waals surface area contributed by atoms with Crippen LogP contribution < -0.4 is 0 Å². The van der Waals surface area contributed by atoms with Crippen molar-refractivity contribution in [2.75, 3.05) is 12.4 Å². The van der Waals surface area contributed by atoms with Gasteiger partial charge in [0, 0.05) is 0 Å². The zero-order valence-corrected chi connectivity index (χ0v) is 14.5. The highest BCUT2D eigenvalue weighted by Gasteiger charge is 2.09. The maximum absolute atomic E-state index is 11.8. The van der Waals surface area contributed by atoms with E-state index in [4.69, 9.17) is 8.92 Å². The average Bonchev–Trinajstić information content (AvgIpc) is 2.61. The second kappa shape index (κ2) is 8.08. The lowest BCUT2D eigenvalue weighted by Gasteiger charge is -2.07. The van der Waals surface area contributed by atoms with Gasteiger partial charge in [-0.25, -0.2) is 4.79 Å². The highest BCUT2D eigenvalue weighted by Crippen LogP contribution is 2.22. The molecule has 0 unspecified atom stereocenters. The fourth-order valence-corrected chi connectivity index (χ4v) is 2.56. The molecule has 0 fully saturated rings. The van der Waals surface area contributed by atoms with E-state index in [9.17, 15) is 13.2 Å². The number of esters is 1. The summed E-state index contributed by atoms with van der Waals surface area (Å²) in [6.45, 7) is 3.65. The van der Waals surface area contributed by atoms with Crippen LogP contribution in [0.25, 0.3) is 11.1 Å². The van der Waals surface area contributed by atoms with Crippen molar-refractivity contribution < 1.29 is 22.1 Å². The molecule has 128 valence electrons. The Labute approximate surface area is 142 Å². The van der Waals surface area contributed by atoms with Gasteiger partial charge in [0.15, 0.2) is 0 Å². The van der Waals surface area contributed by atoms with Gasteiger partial charge >= 0.3 is 5.97 Å². The minimum Gasteiger partial charge on any atom is -0.462 e. The molecule has 6 heteroatoms. The van der Waals surface area contributed by atoms with E-state index in [0.29, 0.717) is 12.2 Å². The number of rotatable bonds is 7. The molecule has 0 bridgehead atoms. The Bertz CT molecular complexity index is 794. The number of ether oxygens (including phenoxy) is 1. The third kappa shape index (κ3) is 4.91. The Morgan fingerprint density at radius 3 is 2.33 bits per heavy atom. The summed E-state index contributed by atoms with van der Waals surface area (Å²) in [5.74, 6) is -0.403. The van der Waals surface area contributed by atoms with Gasteiger partial charge in [0.1, 0.15) is 0 Å². The van der Waals surface area contributed by atoms with E-state index in [-0.39, 0.29) is 18.3 Å². The fraction of sp³-hybridized carbons (Fsp3) is 0.278. The largest absolute Gasteiger partial charge is 0.462 e. The molecule has 24 heavy (non-hydrogen) atoms. The van der Waals surface area contributed by atoms with Gasteiger partial charge in [-0.2, -0.15) is 8.42 Å². The molecule has 0 N–H and O–H groups in total. The van der Waals surface area contributed by atoms with Crippen molar-refractivity contribution in [3.05, 3.63) is 59.7 Å². The van der Waals surface area contributed by atoms with Gasteiger partial charge in [0.2, 0.25) is 0 Å². The summed E-state index contributed by atoms with van der Waals surface area (Å²) in [5.41, 5.74) is 3.06. The van der Waals surface area contributed by atoms with E-state index >= 15 is 0 Å². The van der Waals surface area contributed by atoms with Gasteiger partial charge in [-0.15, -0.1) is 0 Å². The van der Waals surface area contributed by atoms with Gasteiger partial charge in [-0.3, -0.25) is 4.18 Å². The topological polar surface area (TPSA) is 69.7 Å². The molecule has 0 saturated heterocycles. The Morgan fingerprint density at radius 1 is 1.00 bits per heavy atom. The summed E-state index contributed by atoms with van der Waals surface area (Å²) in [6.07, 6.45) is 0. The molecular weight excluding hydrogens is 328 g/mol. The molecule has 5 nitrogen and oxygen atoms in total. The number of carbonyl (C=O) groups excluding carboxylic acids is 1. The van der Waals surface area contributed by atoms with Gasteiger partial charge < -0.3 is 4.74 Å². The Morgan fingerprint density at radius 2 is 1.71 bits per heavy atom. The van der Waals surface area contributed by atoms with E-state index in [1.807, 2.05) is 18.2 Å². The molecule has 0 aliphatic heterocycles. The summed E-state index contributed by atoms with van der Waals surface area (Å²) in [7, 11) is -3.45. The van der Waals surface area contributed by atoms with Gasteiger partial charge in [-0.1, -0.05) is 36.4 Å². The van der Waals surface area contributed by atoms with Crippen molar-refractivity contribution in [1.29, 1.82) is 0 Å². The van der Waals surface area contributed by atoms with E-state index in [1.165, 1.54) is 6.92 Å². The first-order valence-corrected chi connectivity index (χ1v) is 9.26. The lowest BCUT2D eigenvalue weighted by atomic mass is 10.0. The van der Waals surface area contributed by atoms with E-state index in [2.05, 4.69) is 0 Å². The number of hydrogen-bond acceptors (Lipinski definition) is 5. The van der Waals surface area contributed by atoms with Crippen molar-refractivity contribution in [2.45, 2.75) is 20.5 Å². The molecule has 0 saturated carbocycles. The van der Waals surface area contributed by atoms with Gasteiger partial charge in [0.05, 0.1) is 24.5 Å². The minimum atomic E-state index is -3.45. The van der Waals surface area contributed by atoms with Crippen LogP contribution >= 0.6 is 0 Å². The third-order valence-electron chi connectivity index (χ3n) is 3.42. The molecule has 0 amide bonds. The first-order valence-electron chi connectivity index (χ1n) is 7.68. The molecule has 2 aromatic carbocycles. The summed E-state index contributed by atoms with van der Waals surface area (Å²) in [6, 6.07) is 14.5. The van der Waals surface area contributed by atoms with Crippen molar-refractivity contribution in [1.82, 2.24) is 0 Å². The maximum atomic E-state index is 11.8. The van der Waals surface area contributed by atoms with Crippen LogP contribution in [0.15, 0.2) is 48.5 Å². The zero-order valence-electron chi connectivity index (χ0n) is 13.7. The predicted octanol–water partition coefficient (Wildman–Crippen LogP) is 3.40. The molecule has 0 heterocycles. The summed E-state index contributed by atoms with van der Waals surface area (Å²) >= 11 is 0. The van der Waals surface area contributed by atoms with Crippen molar-refractivity contribution >= 4 is 16.1 Å². The smallest absolute Gasteiger partial charge is 0.338 e. The van der Waals surface area contributed by atoms with E-state index in [0.717, 1.165) is 16.7 Å². The molecule has 0 aliphatic rings. The van der Waals surface area contributed by atoms with Gasteiger partial charge in [-0.05, 0) is 42.7 Å². The second-order valence-electron chi connectivity index (χ2n) is 5.11. The zero-order chi connectivity index (χ0) is 17.6. The Kier molecular flexibility index (Phi) is 6.11. The van der Waals surface area contributed by atoms with E-state index in [1.54, 1.807) is 37.3 Å². The standard InChI is InChI=1S/C18H20O5S/c1-3-22-18(19)17-7-5-6-16(12-17)15-10-8-14(9-11-15)13-23-24(20,21)4-2/h5-12H,3-4,13H2,1-2H3. The molecule has 0 spiro atoms. The van der Waals surface area contributed by atoms with Crippen molar-refractivity contribution in [3.8, 4) is 11.1 Å². The summed E-state index contributed by atoms with van der Waals surface area (Å²) in [4.78, 5) is 11.8. The van der Waals surface area contributed by atoms with Crippen LogP contribution in [0.3, 0.4) is 0 Å². The van der Waals surface area contributed by atoms with E-state index < -0.39 is 10.1 Å². The molecule has 0 atom stereocenters. The molecular formula is C18H20O5S. The summed E-state index contributed by atoms with van der Waals surface area (Å²) < 4.78 is 32.6. The highest BCUT2D eigenvalue weighted by atomic mass is 32.2. The molecule has 0 aromatic heterocycles. The van der Waals surface area contributed by atoms with Crippen LogP contribution in [0.1, 0.15) is 29.8 Å². The monoisotopic (exact) mass is 348 g/mol. The van der Waals surface area contributed by atoms with Crippen LogP contribution in [0, 0.1) is 0 Å². The predicted molar refractivity (Wildman–Crippen MR) is 92.1 cm³/mol. The van der Waals surface area contributed by atoms with Crippen LogP contribution in [-0.2, 0) is 25.6 Å². The van der Waals surface area contributed by atoms with Gasteiger partial charge in [0.25, 0.3) is 10.1 Å².